The van der Waals surface area contributed by atoms with Crippen molar-refractivity contribution in [3.63, 3.8) is 0 Å². The van der Waals surface area contributed by atoms with E-state index in [4.69, 9.17) is 9.97 Å². The molecular formula is C24H29N7O4S2. The Hall–Kier alpha value is -3.13. The Morgan fingerprint density at radius 2 is 1.86 bits per heavy atom. The minimum Gasteiger partial charge on any atom is -0.477 e. The fraction of sp³-hybridized carbons (Fsp3) is 0.417. The molecule has 0 spiro atoms. The molecule has 0 bridgehead atoms. The quantitative estimate of drug-likeness (QED) is 0.403. The molecule has 0 radical (unpaired) electrons. The van der Waals surface area contributed by atoms with E-state index in [1.807, 2.05) is 12.1 Å². The highest BCUT2D eigenvalue weighted by molar-refractivity contribution is 7.90. The second-order valence-electron chi connectivity index (χ2n) is 9.27. The fourth-order valence-corrected chi connectivity index (χ4v) is 6.07. The number of hydrogen-bond acceptors (Lipinski definition) is 11. The summed E-state index contributed by atoms with van der Waals surface area (Å²) < 4.78 is 23.6. The number of sulfone groups is 1. The predicted octanol–water partition coefficient (Wildman–Crippen LogP) is 2.05. The molecule has 1 saturated heterocycles. The summed E-state index contributed by atoms with van der Waals surface area (Å²) in [4.78, 5) is 30.5. The molecule has 37 heavy (non-hydrogen) atoms. The summed E-state index contributed by atoms with van der Waals surface area (Å²) in [5.74, 6) is 0.311. The number of thiazole rings is 1. The molecule has 1 aromatic carbocycles. The third-order valence-corrected chi connectivity index (χ3v) is 8.70. The Morgan fingerprint density at radius 3 is 2.51 bits per heavy atom. The van der Waals surface area contributed by atoms with E-state index in [9.17, 15) is 18.3 Å². The van der Waals surface area contributed by atoms with Crippen LogP contribution in [0, 0.1) is 6.92 Å². The molecule has 0 unspecified atom stereocenters. The van der Waals surface area contributed by atoms with Crippen molar-refractivity contribution in [2.75, 3.05) is 49.2 Å². The van der Waals surface area contributed by atoms with Crippen LogP contribution in [0.15, 0.2) is 29.2 Å². The largest absolute Gasteiger partial charge is 0.477 e. The van der Waals surface area contributed by atoms with Gasteiger partial charge in [0.1, 0.15) is 10.7 Å². The summed E-state index contributed by atoms with van der Waals surface area (Å²) in [6, 6.07) is 7.01. The zero-order valence-corrected chi connectivity index (χ0v) is 22.3. The number of nitrogens with one attached hydrogen (secondary N) is 2. The number of rotatable bonds is 7. The number of fused-ring (bicyclic) bond motifs is 1. The highest BCUT2D eigenvalue weighted by Gasteiger charge is 2.26. The molecule has 0 atom stereocenters. The first kappa shape index (κ1) is 25.5. The third kappa shape index (κ3) is 5.74. The molecule has 3 aromatic rings. The van der Waals surface area contributed by atoms with E-state index in [0.29, 0.717) is 34.8 Å². The average molecular weight is 544 g/mol. The van der Waals surface area contributed by atoms with E-state index in [2.05, 4.69) is 25.4 Å². The van der Waals surface area contributed by atoms with Crippen LogP contribution in [0.1, 0.15) is 32.2 Å². The molecule has 2 aliphatic rings. The summed E-state index contributed by atoms with van der Waals surface area (Å²) in [7, 11) is -3.23. The van der Waals surface area contributed by atoms with Crippen molar-refractivity contribution in [1.29, 1.82) is 0 Å². The molecule has 3 N–H and O–H groups in total. The van der Waals surface area contributed by atoms with Crippen molar-refractivity contribution >= 4 is 44.0 Å². The van der Waals surface area contributed by atoms with Crippen LogP contribution in [0.25, 0.3) is 0 Å². The van der Waals surface area contributed by atoms with Crippen LogP contribution in [0.4, 0.5) is 16.9 Å². The SMILES string of the molecule is Cc1nc(Nc2nc3c(c(N4CCNCC4)n2)CCN(Cc2ccc(S(C)(=O)=O)cc2)C3)sc1C(=O)O. The molecule has 0 saturated carbocycles. The average Bonchev–Trinajstić information content (AvgIpc) is 3.24. The van der Waals surface area contributed by atoms with Gasteiger partial charge in [-0.3, -0.25) is 10.2 Å². The monoisotopic (exact) mass is 543 g/mol. The number of carboxylic acids is 1. The normalized spacial score (nSPS) is 16.4. The van der Waals surface area contributed by atoms with E-state index in [-0.39, 0.29) is 4.88 Å². The van der Waals surface area contributed by atoms with Crippen LogP contribution in [-0.2, 0) is 29.3 Å². The van der Waals surface area contributed by atoms with Gasteiger partial charge in [-0.25, -0.2) is 23.2 Å². The second-order valence-corrected chi connectivity index (χ2v) is 12.3. The lowest BCUT2D eigenvalue weighted by molar-refractivity contribution is 0.0701. The molecule has 0 aliphatic carbocycles. The Balaban J connectivity index is 1.41. The van der Waals surface area contributed by atoms with Crippen molar-refractivity contribution in [2.24, 2.45) is 0 Å². The van der Waals surface area contributed by atoms with Crippen LogP contribution >= 0.6 is 11.3 Å². The zero-order chi connectivity index (χ0) is 26.2. The molecule has 1 fully saturated rings. The number of aromatic nitrogens is 3. The lowest BCUT2D eigenvalue weighted by Gasteiger charge is -2.34. The summed E-state index contributed by atoms with van der Waals surface area (Å²) in [6.07, 6.45) is 2.01. The Morgan fingerprint density at radius 1 is 1.14 bits per heavy atom. The van der Waals surface area contributed by atoms with Crippen molar-refractivity contribution in [2.45, 2.75) is 31.3 Å². The number of benzene rings is 1. The number of carbonyl (C=O) groups is 1. The smallest absolute Gasteiger partial charge is 0.347 e. The number of carboxylic acid groups (broad SMARTS) is 1. The van der Waals surface area contributed by atoms with Gasteiger partial charge in [0.05, 0.1) is 16.3 Å². The Bertz CT molecular complexity index is 1420. The zero-order valence-electron chi connectivity index (χ0n) is 20.7. The van der Waals surface area contributed by atoms with Gasteiger partial charge in [-0.15, -0.1) is 0 Å². The molecule has 196 valence electrons. The summed E-state index contributed by atoms with van der Waals surface area (Å²) >= 11 is 1.07. The van der Waals surface area contributed by atoms with Gasteiger partial charge in [0.2, 0.25) is 5.95 Å². The topological polar surface area (TPSA) is 141 Å². The molecule has 5 rings (SSSR count). The summed E-state index contributed by atoms with van der Waals surface area (Å²) in [6.45, 7) is 7.26. The first-order valence-corrected chi connectivity index (χ1v) is 14.7. The molecule has 2 aliphatic heterocycles. The maximum Gasteiger partial charge on any atom is 0.347 e. The van der Waals surface area contributed by atoms with Crippen molar-refractivity contribution in [3.05, 3.63) is 51.7 Å². The highest BCUT2D eigenvalue weighted by atomic mass is 32.2. The van der Waals surface area contributed by atoms with Crippen LogP contribution < -0.4 is 15.5 Å². The highest BCUT2D eigenvalue weighted by Crippen LogP contribution is 2.31. The first-order chi connectivity index (χ1) is 17.7. The van der Waals surface area contributed by atoms with E-state index >= 15 is 0 Å². The summed E-state index contributed by atoms with van der Waals surface area (Å²) in [5.41, 5.74) is 3.55. The van der Waals surface area contributed by atoms with Crippen molar-refractivity contribution in [3.8, 4) is 0 Å². The lowest BCUT2D eigenvalue weighted by atomic mass is 10.0. The maximum atomic E-state index is 11.8. The number of anilines is 3. The van der Waals surface area contributed by atoms with Gasteiger partial charge >= 0.3 is 5.97 Å². The van der Waals surface area contributed by atoms with E-state index in [1.165, 1.54) is 6.26 Å². The van der Waals surface area contributed by atoms with Crippen LogP contribution in [-0.4, -0.2) is 78.3 Å². The standard InChI is InChI=1S/C24H29N7O4S2/c1-15-20(22(32)33)36-24(26-15)29-23-27-19-14-30(13-16-3-5-17(6-4-16)37(2,34)35)10-7-18(19)21(28-23)31-11-8-25-9-12-31/h3-6,25H,7-14H2,1-2H3,(H,32,33)(H,26,27,28,29). The Kier molecular flexibility index (Phi) is 7.12. The molecule has 13 heteroatoms. The number of nitrogens with zero attached hydrogens (tertiary/aromatic N) is 5. The minimum absolute atomic E-state index is 0.191. The summed E-state index contributed by atoms with van der Waals surface area (Å²) in [5, 5.41) is 16.3. The van der Waals surface area contributed by atoms with Gasteiger partial charge in [0.25, 0.3) is 0 Å². The second kappa shape index (κ2) is 10.3. The molecule has 0 amide bonds. The van der Waals surface area contributed by atoms with Gasteiger partial charge in [-0.05, 0) is 31.0 Å². The number of hydrogen-bond donors (Lipinski definition) is 3. The van der Waals surface area contributed by atoms with Gasteiger partial charge in [-0.1, -0.05) is 23.5 Å². The Labute approximate surface area is 219 Å². The van der Waals surface area contributed by atoms with Crippen molar-refractivity contribution in [1.82, 2.24) is 25.2 Å². The third-order valence-electron chi connectivity index (χ3n) is 6.51. The van der Waals surface area contributed by atoms with Crippen LogP contribution in [0.3, 0.4) is 0 Å². The molecule has 11 nitrogen and oxygen atoms in total. The van der Waals surface area contributed by atoms with E-state index in [1.54, 1.807) is 19.1 Å². The van der Waals surface area contributed by atoms with Crippen LogP contribution in [0.5, 0.6) is 0 Å². The van der Waals surface area contributed by atoms with E-state index < -0.39 is 15.8 Å². The van der Waals surface area contributed by atoms with E-state index in [0.717, 1.165) is 73.1 Å². The van der Waals surface area contributed by atoms with Gasteiger partial charge in [-0.2, -0.15) is 4.98 Å². The van der Waals surface area contributed by atoms with Gasteiger partial charge in [0, 0.05) is 57.6 Å². The maximum absolute atomic E-state index is 11.8. The lowest BCUT2D eigenvalue weighted by Crippen LogP contribution is -2.45. The number of aryl methyl sites for hydroxylation is 1. The first-order valence-electron chi connectivity index (χ1n) is 12.0. The minimum atomic E-state index is -3.23. The predicted molar refractivity (Wildman–Crippen MR) is 142 cm³/mol. The van der Waals surface area contributed by atoms with Gasteiger partial charge < -0.3 is 15.3 Å². The van der Waals surface area contributed by atoms with Gasteiger partial charge in [0.15, 0.2) is 15.0 Å². The molecule has 2 aromatic heterocycles. The van der Waals surface area contributed by atoms with Crippen molar-refractivity contribution < 1.29 is 18.3 Å². The molecule has 4 heterocycles. The van der Waals surface area contributed by atoms with Crippen LogP contribution in [0.2, 0.25) is 0 Å². The number of aromatic carboxylic acids is 1. The fourth-order valence-electron chi connectivity index (χ4n) is 4.64. The molecular weight excluding hydrogens is 514 g/mol. The number of piperazine rings is 1.